The fraction of sp³-hybridized carbons (Fsp3) is 0.537. The van der Waals surface area contributed by atoms with Crippen LogP contribution in [0.15, 0.2) is 134 Å². The van der Waals surface area contributed by atoms with Gasteiger partial charge in [0.15, 0.2) is 6.10 Å². The molecule has 1 unspecified atom stereocenters. The summed E-state index contributed by atoms with van der Waals surface area (Å²) in [5, 5.41) is 0. The average molecular weight is 827 g/mol. The highest BCUT2D eigenvalue weighted by Crippen LogP contribution is 2.13. The van der Waals surface area contributed by atoms with Crippen LogP contribution in [0.4, 0.5) is 0 Å². The summed E-state index contributed by atoms with van der Waals surface area (Å²) >= 11 is 0. The van der Waals surface area contributed by atoms with Gasteiger partial charge in [0, 0.05) is 19.3 Å². The van der Waals surface area contributed by atoms with E-state index in [0.717, 1.165) is 103 Å². The lowest BCUT2D eigenvalue weighted by atomic mass is 10.1. The first-order valence-electron chi connectivity index (χ1n) is 23.3. The summed E-state index contributed by atoms with van der Waals surface area (Å²) in [5.41, 5.74) is 0. The predicted octanol–water partition coefficient (Wildman–Crippen LogP) is 15.1. The Bertz CT molecular complexity index is 1370. The monoisotopic (exact) mass is 827 g/mol. The molecule has 0 saturated carbocycles. The Morgan fingerprint density at radius 1 is 0.350 bits per heavy atom. The average Bonchev–Trinajstić information content (AvgIpc) is 3.24. The lowest BCUT2D eigenvalue weighted by Crippen LogP contribution is -2.30. The second-order valence-electron chi connectivity index (χ2n) is 14.7. The molecule has 0 fully saturated rings. The van der Waals surface area contributed by atoms with Gasteiger partial charge in [0.1, 0.15) is 13.2 Å². The quantitative estimate of drug-likeness (QED) is 0.0202. The van der Waals surface area contributed by atoms with Gasteiger partial charge in [0.05, 0.1) is 0 Å². The standard InChI is InChI=1S/C54H82O6/c1-4-7-10-13-16-19-22-25-27-30-32-35-38-41-44-47-53(56)59-50-51(49-58-52(55)46-43-40-37-34-31-28-24-21-18-15-12-9-6-3)60-54(57)48-45-42-39-36-33-29-26-23-20-17-14-11-8-5-2/h7-13,15-22,24-25,27-28,31,34,37,51H,4-6,14,23,26,29-30,32-33,35-36,38-50H2,1-3H3/b10-7-,11-8-,12-9-,16-13-,18-15-,20-17-,22-19-,24-21-,27-25-,31-28-,37-34-. The first-order valence-corrected chi connectivity index (χ1v) is 23.3. The third-order valence-corrected chi connectivity index (χ3v) is 9.10. The number of hydrogen-bond acceptors (Lipinski definition) is 6. The number of carbonyl (C=O) groups is 3. The summed E-state index contributed by atoms with van der Waals surface area (Å²) in [6, 6.07) is 0. The Kier molecular flexibility index (Phi) is 43.7. The van der Waals surface area contributed by atoms with Crippen LogP contribution in [0.3, 0.4) is 0 Å². The highest BCUT2D eigenvalue weighted by molar-refractivity contribution is 5.71. The van der Waals surface area contributed by atoms with Gasteiger partial charge in [0.25, 0.3) is 0 Å². The normalized spacial score (nSPS) is 13.3. The van der Waals surface area contributed by atoms with Crippen molar-refractivity contribution < 1.29 is 28.6 Å². The first-order chi connectivity index (χ1) is 29.5. The molecule has 6 heteroatoms. The molecule has 0 heterocycles. The molecule has 6 nitrogen and oxygen atoms in total. The molecule has 334 valence electrons. The van der Waals surface area contributed by atoms with Gasteiger partial charge in [-0.2, -0.15) is 0 Å². The molecule has 0 radical (unpaired) electrons. The molecule has 0 aliphatic rings. The number of esters is 3. The van der Waals surface area contributed by atoms with E-state index in [9.17, 15) is 14.4 Å². The smallest absolute Gasteiger partial charge is 0.306 e. The fourth-order valence-electron chi connectivity index (χ4n) is 5.69. The Balaban J connectivity index is 4.58. The molecule has 0 aliphatic carbocycles. The second kappa shape index (κ2) is 47.2. The van der Waals surface area contributed by atoms with Crippen molar-refractivity contribution in [3.8, 4) is 0 Å². The minimum Gasteiger partial charge on any atom is -0.462 e. The van der Waals surface area contributed by atoms with Crippen LogP contribution in [0.1, 0.15) is 168 Å². The van der Waals surface area contributed by atoms with Crippen LogP contribution in [0.25, 0.3) is 0 Å². The van der Waals surface area contributed by atoms with Crippen LogP contribution in [0.2, 0.25) is 0 Å². The summed E-state index contributed by atoms with van der Waals surface area (Å²) in [6.07, 6.45) is 65.8. The Morgan fingerprint density at radius 3 is 1.18 bits per heavy atom. The lowest BCUT2D eigenvalue weighted by molar-refractivity contribution is -0.167. The van der Waals surface area contributed by atoms with Gasteiger partial charge in [-0.25, -0.2) is 0 Å². The maximum Gasteiger partial charge on any atom is 0.306 e. The zero-order chi connectivity index (χ0) is 43.7. The molecule has 0 aromatic rings. The van der Waals surface area contributed by atoms with Crippen molar-refractivity contribution in [2.24, 2.45) is 0 Å². The van der Waals surface area contributed by atoms with Gasteiger partial charge in [-0.05, 0) is 77.0 Å². The van der Waals surface area contributed by atoms with Crippen molar-refractivity contribution >= 4 is 17.9 Å². The largest absolute Gasteiger partial charge is 0.462 e. The summed E-state index contributed by atoms with van der Waals surface area (Å²) < 4.78 is 16.6. The number of carbonyl (C=O) groups excluding carboxylic acids is 3. The topological polar surface area (TPSA) is 78.9 Å². The van der Waals surface area contributed by atoms with E-state index in [4.69, 9.17) is 14.2 Å². The van der Waals surface area contributed by atoms with E-state index in [2.05, 4.69) is 75.5 Å². The summed E-state index contributed by atoms with van der Waals surface area (Å²) in [5.74, 6) is -1.04. The SMILES string of the molecule is CC\C=C/C=C\C=C/C=C\C=C/CCCC(=O)OCC(COC(=O)CCCCCCC\C=C/C=C\C=C/C=C\CC)OC(=O)CCCCCCCCC/C=C\C/C=C\CC. The van der Waals surface area contributed by atoms with Crippen LogP contribution in [0, 0.1) is 0 Å². The van der Waals surface area contributed by atoms with E-state index in [0.29, 0.717) is 19.3 Å². The number of allylic oxidation sites excluding steroid dienone is 22. The molecular formula is C54H82O6. The van der Waals surface area contributed by atoms with Crippen molar-refractivity contribution in [2.45, 2.75) is 175 Å². The van der Waals surface area contributed by atoms with Crippen molar-refractivity contribution in [3.05, 3.63) is 134 Å². The second-order valence-corrected chi connectivity index (χ2v) is 14.7. The molecule has 0 N–H and O–H groups in total. The maximum atomic E-state index is 12.7. The van der Waals surface area contributed by atoms with Gasteiger partial charge in [-0.15, -0.1) is 0 Å². The number of unbranched alkanes of at least 4 members (excludes halogenated alkanes) is 13. The minimum atomic E-state index is -0.825. The Hall–Kier alpha value is -4.45. The molecule has 0 rings (SSSR count). The molecule has 0 amide bonds. The van der Waals surface area contributed by atoms with E-state index in [1.54, 1.807) is 0 Å². The van der Waals surface area contributed by atoms with Gasteiger partial charge in [-0.3, -0.25) is 14.4 Å². The third-order valence-electron chi connectivity index (χ3n) is 9.10. The van der Waals surface area contributed by atoms with Crippen LogP contribution in [0.5, 0.6) is 0 Å². The molecule has 60 heavy (non-hydrogen) atoms. The van der Waals surface area contributed by atoms with E-state index in [-0.39, 0.29) is 37.5 Å². The van der Waals surface area contributed by atoms with Crippen molar-refractivity contribution in [3.63, 3.8) is 0 Å². The Labute approximate surface area is 366 Å². The van der Waals surface area contributed by atoms with Crippen LogP contribution in [-0.2, 0) is 28.6 Å². The lowest BCUT2D eigenvalue weighted by Gasteiger charge is -2.18. The molecule has 0 aromatic heterocycles. The van der Waals surface area contributed by atoms with E-state index in [1.807, 2.05) is 79.0 Å². The van der Waals surface area contributed by atoms with Gasteiger partial charge < -0.3 is 14.2 Å². The number of hydrogen-bond donors (Lipinski definition) is 0. The highest BCUT2D eigenvalue weighted by atomic mass is 16.6. The van der Waals surface area contributed by atoms with E-state index in [1.165, 1.54) is 19.3 Å². The van der Waals surface area contributed by atoms with Crippen molar-refractivity contribution in [1.29, 1.82) is 0 Å². The third kappa shape index (κ3) is 44.6. The summed E-state index contributed by atoms with van der Waals surface area (Å²) in [7, 11) is 0. The number of rotatable bonds is 39. The molecular weight excluding hydrogens is 745 g/mol. The highest BCUT2D eigenvalue weighted by Gasteiger charge is 2.19. The summed E-state index contributed by atoms with van der Waals surface area (Å²) in [4.78, 5) is 37.8. The molecule has 0 aliphatic heterocycles. The maximum absolute atomic E-state index is 12.7. The fourth-order valence-corrected chi connectivity index (χ4v) is 5.69. The predicted molar refractivity (Wildman–Crippen MR) is 256 cm³/mol. The van der Waals surface area contributed by atoms with Gasteiger partial charge in [-0.1, -0.05) is 206 Å². The Morgan fingerprint density at radius 2 is 0.700 bits per heavy atom. The van der Waals surface area contributed by atoms with Crippen molar-refractivity contribution in [1.82, 2.24) is 0 Å². The van der Waals surface area contributed by atoms with Crippen LogP contribution >= 0.6 is 0 Å². The molecule has 0 bridgehead atoms. The van der Waals surface area contributed by atoms with Crippen LogP contribution in [-0.4, -0.2) is 37.2 Å². The van der Waals surface area contributed by atoms with E-state index >= 15 is 0 Å². The minimum absolute atomic E-state index is 0.122. The summed E-state index contributed by atoms with van der Waals surface area (Å²) in [6.45, 7) is 6.12. The zero-order valence-electron chi connectivity index (χ0n) is 37.9. The molecule has 1 atom stereocenters. The van der Waals surface area contributed by atoms with Crippen molar-refractivity contribution in [2.75, 3.05) is 13.2 Å². The molecule has 0 saturated heterocycles. The molecule has 0 spiro atoms. The number of ether oxygens (including phenoxy) is 3. The van der Waals surface area contributed by atoms with E-state index < -0.39 is 6.10 Å². The van der Waals surface area contributed by atoms with Crippen LogP contribution < -0.4 is 0 Å². The first kappa shape index (κ1) is 55.5. The van der Waals surface area contributed by atoms with Gasteiger partial charge in [0.2, 0.25) is 0 Å². The van der Waals surface area contributed by atoms with Gasteiger partial charge >= 0.3 is 17.9 Å². The zero-order valence-corrected chi connectivity index (χ0v) is 37.9. The molecule has 0 aromatic carbocycles.